The van der Waals surface area contributed by atoms with Crippen LogP contribution in [0.5, 0.6) is 0 Å². The minimum Gasteiger partial charge on any atom is -0.383 e. The zero-order valence-electron chi connectivity index (χ0n) is 22.3. The summed E-state index contributed by atoms with van der Waals surface area (Å²) in [6.45, 7) is 2.05. The van der Waals surface area contributed by atoms with Crippen LogP contribution in [0.1, 0.15) is 43.7 Å². The Labute approximate surface area is 250 Å². The minimum absolute atomic E-state index is 0.115. The van der Waals surface area contributed by atoms with Crippen molar-refractivity contribution >= 4 is 45.1 Å². The van der Waals surface area contributed by atoms with Crippen LogP contribution in [0.4, 0.5) is 33.5 Å². The van der Waals surface area contributed by atoms with E-state index in [-0.39, 0.29) is 34.9 Å². The standard InChI is InChI=1S/C28H26F5IN6O2/c1-2-15-6-7-19(38-25(15)35)18-11-16-8-9-39(26(41)21(16)24(30)23(18)29)13-14-4-3-5-17(10-14)37-20-12-36-40(34)27(42)22(20)28(31,32)33/h6-9,11-12,14,17,37H,2-5,10,13H2,1H3,(H2,35,38)/t14-,17+/m1/s1. The van der Waals surface area contributed by atoms with Crippen LogP contribution in [0, 0.1) is 17.6 Å². The average molecular weight is 700 g/mol. The Morgan fingerprint density at radius 3 is 2.57 bits per heavy atom. The number of nitrogens with zero attached hydrogens (tertiary/aromatic N) is 4. The summed E-state index contributed by atoms with van der Waals surface area (Å²) in [5.74, 6) is -2.43. The first kappa shape index (κ1) is 29.9. The monoisotopic (exact) mass is 700 g/mol. The zero-order chi connectivity index (χ0) is 30.3. The van der Waals surface area contributed by atoms with Crippen LogP contribution in [-0.4, -0.2) is 23.6 Å². The van der Waals surface area contributed by atoms with Gasteiger partial charge in [-0.1, -0.05) is 19.4 Å². The van der Waals surface area contributed by atoms with Gasteiger partial charge in [-0.3, -0.25) is 9.59 Å². The van der Waals surface area contributed by atoms with Gasteiger partial charge >= 0.3 is 6.18 Å². The van der Waals surface area contributed by atoms with Gasteiger partial charge < -0.3 is 15.6 Å². The van der Waals surface area contributed by atoms with Crippen LogP contribution in [0.3, 0.4) is 0 Å². The topological polar surface area (TPSA) is 108 Å². The molecule has 222 valence electrons. The summed E-state index contributed by atoms with van der Waals surface area (Å²) in [7, 11) is 0. The van der Waals surface area contributed by atoms with Crippen molar-refractivity contribution in [3.05, 3.63) is 80.1 Å². The second-order valence-corrected chi connectivity index (χ2v) is 11.3. The number of pyridine rings is 2. The number of rotatable bonds is 6. The lowest BCUT2D eigenvalue weighted by atomic mass is 9.85. The van der Waals surface area contributed by atoms with Gasteiger partial charge in [-0.05, 0) is 60.7 Å². The van der Waals surface area contributed by atoms with Crippen LogP contribution in [-0.2, 0) is 19.1 Å². The number of aromatic nitrogens is 4. The molecular formula is C28H26F5IN6O2. The lowest BCUT2D eigenvalue weighted by molar-refractivity contribution is -0.138. The molecule has 0 bridgehead atoms. The predicted octanol–water partition coefficient (Wildman–Crippen LogP) is 5.93. The van der Waals surface area contributed by atoms with Gasteiger partial charge in [-0.2, -0.15) is 21.2 Å². The number of nitrogens with two attached hydrogens (primary N) is 1. The Balaban J connectivity index is 1.40. The lowest BCUT2D eigenvalue weighted by Crippen LogP contribution is -2.34. The number of halogens is 6. The SMILES string of the molecule is CCc1ccc(-c2cc3ccn(C[C@@H]4CCC[C@H](Nc5cnn(I)c(=O)c5C(F)(F)F)C4)c(=O)c3c(F)c2F)nc1N. The van der Waals surface area contributed by atoms with E-state index in [1.165, 1.54) is 45.8 Å². The molecule has 1 fully saturated rings. The number of alkyl halides is 3. The summed E-state index contributed by atoms with van der Waals surface area (Å²) >= 11 is 1.39. The summed E-state index contributed by atoms with van der Waals surface area (Å²) in [5, 5.41) is 6.33. The third-order valence-corrected chi connectivity index (χ3v) is 8.32. The fraction of sp³-hybridized carbons (Fsp3) is 0.357. The van der Waals surface area contributed by atoms with Crippen molar-refractivity contribution in [3.63, 3.8) is 0 Å². The predicted molar refractivity (Wildman–Crippen MR) is 157 cm³/mol. The van der Waals surface area contributed by atoms with Crippen LogP contribution in [0.2, 0.25) is 0 Å². The summed E-state index contributed by atoms with van der Waals surface area (Å²) in [4.78, 5) is 29.6. The molecule has 0 radical (unpaired) electrons. The first-order chi connectivity index (χ1) is 19.9. The Kier molecular flexibility index (Phi) is 8.27. The van der Waals surface area contributed by atoms with E-state index in [9.17, 15) is 22.8 Å². The third kappa shape index (κ3) is 5.72. The fourth-order valence-electron chi connectivity index (χ4n) is 5.56. The molecule has 42 heavy (non-hydrogen) atoms. The molecule has 0 amide bonds. The number of nitrogens with one attached hydrogen (secondary N) is 1. The molecule has 1 aliphatic carbocycles. The van der Waals surface area contributed by atoms with E-state index in [2.05, 4.69) is 15.4 Å². The highest BCUT2D eigenvalue weighted by Crippen LogP contribution is 2.35. The first-order valence-corrected chi connectivity index (χ1v) is 14.2. The normalized spacial score (nSPS) is 17.5. The maximum atomic E-state index is 15.3. The second kappa shape index (κ2) is 11.6. The van der Waals surface area contributed by atoms with E-state index >= 15 is 8.78 Å². The zero-order valence-corrected chi connectivity index (χ0v) is 24.5. The molecule has 1 saturated carbocycles. The molecule has 0 spiro atoms. The molecule has 3 aromatic heterocycles. The van der Waals surface area contributed by atoms with E-state index in [0.717, 1.165) is 11.8 Å². The minimum atomic E-state index is -4.87. The molecule has 0 aliphatic heterocycles. The molecule has 1 aromatic carbocycles. The number of hydrogen-bond acceptors (Lipinski definition) is 6. The second-order valence-electron chi connectivity index (χ2n) is 10.4. The van der Waals surface area contributed by atoms with Crippen LogP contribution < -0.4 is 22.2 Å². The van der Waals surface area contributed by atoms with Crippen molar-refractivity contribution < 1.29 is 22.0 Å². The molecule has 4 aromatic rings. The van der Waals surface area contributed by atoms with Crippen molar-refractivity contribution in [2.45, 2.75) is 57.8 Å². The fourth-order valence-corrected chi connectivity index (χ4v) is 5.93. The Morgan fingerprint density at radius 1 is 1.12 bits per heavy atom. The molecular weight excluding hydrogens is 674 g/mol. The smallest absolute Gasteiger partial charge is 0.383 e. The quantitative estimate of drug-likeness (QED) is 0.191. The number of anilines is 2. The first-order valence-electron chi connectivity index (χ1n) is 13.3. The lowest BCUT2D eigenvalue weighted by Gasteiger charge is -2.31. The van der Waals surface area contributed by atoms with E-state index < -0.39 is 51.6 Å². The van der Waals surface area contributed by atoms with Crippen molar-refractivity contribution in [1.82, 2.24) is 17.5 Å². The highest BCUT2D eigenvalue weighted by atomic mass is 127. The van der Waals surface area contributed by atoms with Gasteiger partial charge in [-0.25, -0.2) is 13.8 Å². The van der Waals surface area contributed by atoms with E-state index in [1.807, 2.05) is 6.92 Å². The molecule has 3 N–H and O–H groups in total. The molecule has 14 heteroatoms. The molecule has 1 aliphatic rings. The van der Waals surface area contributed by atoms with Gasteiger partial charge in [0.15, 0.2) is 11.6 Å². The Morgan fingerprint density at radius 2 is 1.88 bits per heavy atom. The Bertz CT molecular complexity index is 1790. The van der Waals surface area contributed by atoms with Gasteiger partial charge in [0.25, 0.3) is 11.1 Å². The number of fused-ring (bicyclic) bond motifs is 1. The van der Waals surface area contributed by atoms with E-state index in [0.29, 0.717) is 35.0 Å². The van der Waals surface area contributed by atoms with E-state index in [1.54, 1.807) is 12.1 Å². The average Bonchev–Trinajstić information content (AvgIpc) is 2.93. The summed E-state index contributed by atoms with van der Waals surface area (Å²) in [5.41, 5.74) is 3.04. The number of nitrogen functional groups attached to an aromatic ring is 1. The maximum Gasteiger partial charge on any atom is 0.423 e. The largest absolute Gasteiger partial charge is 0.423 e. The highest BCUT2D eigenvalue weighted by Gasteiger charge is 2.39. The molecule has 5 rings (SSSR count). The maximum absolute atomic E-state index is 15.3. The van der Waals surface area contributed by atoms with Crippen molar-refractivity contribution in [2.75, 3.05) is 11.1 Å². The van der Waals surface area contributed by atoms with Crippen molar-refractivity contribution in [1.29, 1.82) is 0 Å². The van der Waals surface area contributed by atoms with Gasteiger partial charge in [0.2, 0.25) is 0 Å². The Hall–Kier alpha value is -3.56. The van der Waals surface area contributed by atoms with Crippen LogP contribution in [0.25, 0.3) is 22.0 Å². The van der Waals surface area contributed by atoms with Gasteiger partial charge in [-0.15, -0.1) is 0 Å². The number of hydrogen-bond donors (Lipinski definition) is 2. The molecule has 0 unspecified atom stereocenters. The molecule has 2 atom stereocenters. The molecule has 3 heterocycles. The van der Waals surface area contributed by atoms with Crippen molar-refractivity contribution in [2.24, 2.45) is 5.92 Å². The number of aryl methyl sites for hydroxylation is 1. The van der Waals surface area contributed by atoms with Gasteiger partial charge in [0.05, 0.1) is 45.8 Å². The van der Waals surface area contributed by atoms with Gasteiger partial charge in [0.1, 0.15) is 11.4 Å². The summed E-state index contributed by atoms with van der Waals surface area (Å²) in [6.07, 6.45) is 0.505. The van der Waals surface area contributed by atoms with Crippen LogP contribution >= 0.6 is 22.9 Å². The highest BCUT2D eigenvalue weighted by molar-refractivity contribution is 14.1. The van der Waals surface area contributed by atoms with Crippen LogP contribution in [0.15, 0.2) is 46.2 Å². The summed E-state index contributed by atoms with van der Waals surface area (Å²) in [6, 6.07) is 5.72. The molecule has 8 nitrogen and oxygen atoms in total. The molecule has 0 saturated heterocycles. The van der Waals surface area contributed by atoms with E-state index in [4.69, 9.17) is 5.73 Å². The van der Waals surface area contributed by atoms with Gasteiger partial charge in [0, 0.05) is 24.3 Å². The third-order valence-electron chi connectivity index (χ3n) is 7.63. The van der Waals surface area contributed by atoms with Crippen molar-refractivity contribution in [3.8, 4) is 11.3 Å². The summed E-state index contributed by atoms with van der Waals surface area (Å²) < 4.78 is 73.3. The number of benzene rings is 1.